The molecule has 4 heterocycles. The van der Waals surface area contributed by atoms with Crippen molar-refractivity contribution in [2.75, 3.05) is 32.1 Å². The number of carbonyl (C=O) groups is 1. The Balaban J connectivity index is 1.36. The van der Waals surface area contributed by atoms with Crippen LogP contribution in [0.25, 0.3) is 28.2 Å². The van der Waals surface area contributed by atoms with Gasteiger partial charge in [0.05, 0.1) is 48.4 Å². The molecule has 4 N–H and O–H groups in total. The highest BCUT2D eigenvalue weighted by atomic mass is 19.4. The van der Waals surface area contributed by atoms with Gasteiger partial charge < -0.3 is 25.6 Å². The number of nitrogens with two attached hydrogens (primary N) is 1. The van der Waals surface area contributed by atoms with Crippen molar-refractivity contribution in [3.8, 4) is 28.3 Å². The molecule has 10 nitrogen and oxygen atoms in total. The number of nitrogens with one attached hydrogen (secondary N) is 1. The Morgan fingerprint density at radius 3 is 2.54 bits per heavy atom. The molecule has 13 heteroatoms. The van der Waals surface area contributed by atoms with Crippen LogP contribution < -0.4 is 15.8 Å². The minimum atomic E-state index is -4.64. The molecule has 3 aromatic heterocycles. The lowest BCUT2D eigenvalue weighted by Crippen LogP contribution is -2.54. The number of alkyl halides is 3. The molecule has 37 heavy (non-hydrogen) atoms. The lowest BCUT2D eigenvalue weighted by Gasteiger charge is -2.40. The summed E-state index contributed by atoms with van der Waals surface area (Å²) in [5, 5.41) is 15.8. The second-order valence-electron chi connectivity index (χ2n) is 8.75. The van der Waals surface area contributed by atoms with E-state index in [4.69, 9.17) is 20.3 Å². The number of nitrogen functional groups attached to an aromatic ring is 1. The number of ether oxygens (including phenoxy) is 2. The number of rotatable bonds is 7. The number of anilines is 1. The number of nitrogens with zero attached hydrogens (tertiary/aromatic N) is 4. The van der Waals surface area contributed by atoms with E-state index in [1.807, 2.05) is 0 Å². The summed E-state index contributed by atoms with van der Waals surface area (Å²) in [4.78, 5) is 18.7. The summed E-state index contributed by atoms with van der Waals surface area (Å²) in [7, 11) is 0. The molecule has 1 fully saturated rings. The van der Waals surface area contributed by atoms with E-state index in [0.29, 0.717) is 36.0 Å². The van der Waals surface area contributed by atoms with Gasteiger partial charge in [0, 0.05) is 23.9 Å². The number of benzene rings is 1. The molecule has 1 aliphatic heterocycles. The highest BCUT2D eigenvalue weighted by molar-refractivity contribution is 5.67. The average molecular weight is 514 g/mol. The van der Waals surface area contributed by atoms with E-state index >= 15 is 0 Å². The molecule has 0 unspecified atom stereocenters. The van der Waals surface area contributed by atoms with Gasteiger partial charge >= 0.3 is 12.3 Å². The first-order valence-corrected chi connectivity index (χ1v) is 11.1. The Labute approximate surface area is 207 Å². The van der Waals surface area contributed by atoms with Gasteiger partial charge in [-0.1, -0.05) is 0 Å². The van der Waals surface area contributed by atoms with Gasteiger partial charge in [0.2, 0.25) is 0 Å². The molecular formula is C24H21F3N6O4. The SMILES string of the molecule is Nc1ncc(-c2cnc3ccc(-c4ccc(OCC5(CNC(=O)O)COC5)cc4)nn23)cc1C(F)(F)F. The van der Waals surface area contributed by atoms with Crippen molar-refractivity contribution in [3.63, 3.8) is 0 Å². The molecule has 1 aliphatic rings. The first kappa shape index (κ1) is 24.3. The monoisotopic (exact) mass is 514 g/mol. The largest absolute Gasteiger partial charge is 0.493 e. The molecule has 1 amide bonds. The van der Waals surface area contributed by atoms with Gasteiger partial charge in [0.25, 0.3) is 0 Å². The standard InChI is InChI=1S/C24H21F3N6O4/c25-24(26,27)17-7-15(8-30-21(17)28)19-9-29-20-6-5-18(32-33(19)20)14-1-3-16(4-2-14)37-13-23(11-36-12-23)10-31-22(34)35/h1-9,31H,10-13H2,(H2,28,30)(H,34,35). The van der Waals surface area contributed by atoms with E-state index in [9.17, 15) is 18.0 Å². The molecule has 1 saturated heterocycles. The summed E-state index contributed by atoms with van der Waals surface area (Å²) in [6, 6.07) is 11.5. The fraction of sp³-hybridized carbons (Fsp3) is 0.250. The van der Waals surface area contributed by atoms with Crippen molar-refractivity contribution in [3.05, 3.63) is 60.4 Å². The van der Waals surface area contributed by atoms with Crippen molar-refractivity contribution in [2.45, 2.75) is 6.18 Å². The van der Waals surface area contributed by atoms with Gasteiger partial charge in [-0.3, -0.25) is 0 Å². The van der Waals surface area contributed by atoms with E-state index in [1.165, 1.54) is 16.9 Å². The number of aromatic nitrogens is 4. The number of fused-ring (bicyclic) bond motifs is 1. The third-order valence-corrected chi connectivity index (χ3v) is 6.01. The minimum absolute atomic E-state index is 0.175. The number of carboxylic acid groups (broad SMARTS) is 1. The van der Waals surface area contributed by atoms with E-state index in [1.54, 1.807) is 36.4 Å². The molecule has 0 spiro atoms. The summed E-state index contributed by atoms with van der Waals surface area (Å²) in [6.07, 6.45) is -3.07. The van der Waals surface area contributed by atoms with Crippen LogP contribution in [0.15, 0.2) is 54.9 Å². The Bertz CT molecular complexity index is 1450. The highest BCUT2D eigenvalue weighted by Gasteiger charge is 2.40. The van der Waals surface area contributed by atoms with Crippen LogP contribution in [-0.4, -0.2) is 57.1 Å². The molecule has 192 valence electrons. The Morgan fingerprint density at radius 2 is 1.89 bits per heavy atom. The maximum Gasteiger partial charge on any atom is 0.419 e. The molecule has 4 aromatic rings. The maximum absolute atomic E-state index is 13.3. The third kappa shape index (κ3) is 4.98. The Kier molecular flexibility index (Phi) is 6.07. The summed E-state index contributed by atoms with van der Waals surface area (Å²) in [5.74, 6) is -0.0164. The number of imidazole rings is 1. The molecule has 0 saturated carbocycles. The van der Waals surface area contributed by atoms with Crippen LogP contribution in [-0.2, 0) is 10.9 Å². The van der Waals surface area contributed by atoms with Gasteiger partial charge in [-0.2, -0.15) is 18.3 Å². The second kappa shape index (κ2) is 9.24. The van der Waals surface area contributed by atoms with Crippen LogP contribution >= 0.6 is 0 Å². The minimum Gasteiger partial charge on any atom is -0.493 e. The smallest absolute Gasteiger partial charge is 0.419 e. The zero-order valence-electron chi connectivity index (χ0n) is 19.2. The summed E-state index contributed by atoms with van der Waals surface area (Å²) < 4.78 is 52.5. The summed E-state index contributed by atoms with van der Waals surface area (Å²) in [5.41, 5.74) is 6.25. The van der Waals surface area contributed by atoms with Gasteiger partial charge in [0.15, 0.2) is 5.65 Å². The number of pyridine rings is 1. The molecule has 0 bridgehead atoms. The number of halogens is 3. The predicted octanol–water partition coefficient (Wildman–Crippen LogP) is 3.72. The van der Waals surface area contributed by atoms with Crippen molar-refractivity contribution in [1.82, 2.24) is 24.9 Å². The molecule has 0 aliphatic carbocycles. The first-order valence-electron chi connectivity index (χ1n) is 11.1. The highest BCUT2D eigenvalue weighted by Crippen LogP contribution is 2.35. The fourth-order valence-electron chi connectivity index (χ4n) is 3.92. The van der Waals surface area contributed by atoms with E-state index < -0.39 is 29.1 Å². The summed E-state index contributed by atoms with van der Waals surface area (Å²) in [6.45, 7) is 1.31. The van der Waals surface area contributed by atoms with Crippen LogP contribution in [0.1, 0.15) is 5.56 Å². The molecule has 5 rings (SSSR count). The van der Waals surface area contributed by atoms with Crippen LogP contribution in [0.4, 0.5) is 23.8 Å². The van der Waals surface area contributed by atoms with Crippen molar-refractivity contribution in [2.24, 2.45) is 5.41 Å². The predicted molar refractivity (Wildman–Crippen MR) is 126 cm³/mol. The number of hydrogen-bond donors (Lipinski definition) is 3. The average Bonchev–Trinajstić information content (AvgIpc) is 3.26. The van der Waals surface area contributed by atoms with Gasteiger partial charge in [-0.25, -0.2) is 19.3 Å². The zero-order valence-corrected chi connectivity index (χ0v) is 19.2. The van der Waals surface area contributed by atoms with Gasteiger partial charge in [-0.05, 0) is 42.5 Å². The van der Waals surface area contributed by atoms with E-state index in [-0.39, 0.29) is 18.7 Å². The third-order valence-electron chi connectivity index (χ3n) is 6.01. The van der Waals surface area contributed by atoms with E-state index in [2.05, 4.69) is 20.4 Å². The number of hydrogen-bond acceptors (Lipinski definition) is 7. The topological polar surface area (TPSA) is 137 Å². The molecule has 0 radical (unpaired) electrons. The quantitative estimate of drug-likeness (QED) is 0.339. The van der Waals surface area contributed by atoms with Gasteiger partial charge in [0.1, 0.15) is 11.6 Å². The van der Waals surface area contributed by atoms with Crippen LogP contribution in [0.2, 0.25) is 0 Å². The van der Waals surface area contributed by atoms with Crippen LogP contribution in [0, 0.1) is 5.41 Å². The normalized spacial score (nSPS) is 14.8. The van der Waals surface area contributed by atoms with Crippen molar-refractivity contribution < 1.29 is 32.5 Å². The van der Waals surface area contributed by atoms with Crippen molar-refractivity contribution >= 4 is 17.6 Å². The molecule has 0 atom stereocenters. The van der Waals surface area contributed by atoms with Crippen molar-refractivity contribution in [1.29, 1.82) is 0 Å². The van der Waals surface area contributed by atoms with Crippen LogP contribution in [0.3, 0.4) is 0 Å². The Hall–Kier alpha value is -4.39. The number of amides is 1. The molecular weight excluding hydrogens is 493 g/mol. The first-order chi connectivity index (χ1) is 17.6. The lowest BCUT2D eigenvalue weighted by molar-refractivity contribution is -0.137. The van der Waals surface area contributed by atoms with Crippen LogP contribution in [0.5, 0.6) is 5.75 Å². The van der Waals surface area contributed by atoms with Gasteiger partial charge in [-0.15, -0.1) is 0 Å². The second-order valence-corrected chi connectivity index (χ2v) is 8.75. The maximum atomic E-state index is 13.3. The Morgan fingerprint density at radius 1 is 1.14 bits per heavy atom. The lowest BCUT2D eigenvalue weighted by atomic mass is 9.87. The van der Waals surface area contributed by atoms with E-state index in [0.717, 1.165) is 11.6 Å². The molecule has 1 aromatic carbocycles. The summed E-state index contributed by atoms with van der Waals surface area (Å²) >= 11 is 0. The zero-order chi connectivity index (χ0) is 26.2. The fourth-order valence-corrected chi connectivity index (χ4v) is 3.92.